The minimum atomic E-state index is -0.584. The van der Waals surface area contributed by atoms with E-state index >= 15 is 0 Å². The molecule has 25 heavy (non-hydrogen) atoms. The Morgan fingerprint density at radius 2 is 2.16 bits per heavy atom. The van der Waals surface area contributed by atoms with E-state index in [-0.39, 0.29) is 30.2 Å². The Bertz CT molecular complexity index is 920. The van der Waals surface area contributed by atoms with Crippen LogP contribution in [0.3, 0.4) is 0 Å². The van der Waals surface area contributed by atoms with E-state index in [9.17, 15) is 19.7 Å². The minimum Gasteiger partial charge on any atom is -0.349 e. The number of non-ortho nitro benzene ring substituents is 1. The van der Waals surface area contributed by atoms with Crippen LogP contribution in [-0.2, 0) is 11.3 Å². The molecular weight excluding hydrogens is 346 g/mol. The SMILES string of the molecule is O=C(CNC(=O)c1cccc([N+](=O)[O-])c1)NCc1cn2ccsc2n1. The predicted molar refractivity (Wildman–Crippen MR) is 90.3 cm³/mol. The summed E-state index contributed by atoms with van der Waals surface area (Å²) in [6.07, 6.45) is 3.69. The molecule has 0 atom stereocenters. The van der Waals surface area contributed by atoms with Gasteiger partial charge in [-0.15, -0.1) is 11.3 Å². The quantitative estimate of drug-likeness (QED) is 0.509. The molecule has 2 heterocycles. The summed E-state index contributed by atoms with van der Waals surface area (Å²) >= 11 is 1.49. The second-order valence-electron chi connectivity index (χ2n) is 5.09. The van der Waals surface area contributed by atoms with Gasteiger partial charge in [0.25, 0.3) is 11.6 Å². The van der Waals surface area contributed by atoms with Crippen molar-refractivity contribution in [3.63, 3.8) is 0 Å². The fourth-order valence-corrected chi connectivity index (χ4v) is 2.86. The molecule has 0 saturated carbocycles. The van der Waals surface area contributed by atoms with E-state index < -0.39 is 10.8 Å². The highest BCUT2D eigenvalue weighted by atomic mass is 32.1. The topological polar surface area (TPSA) is 119 Å². The van der Waals surface area contributed by atoms with Crippen LogP contribution in [0.15, 0.2) is 42.0 Å². The molecule has 1 aromatic carbocycles. The normalized spacial score (nSPS) is 10.6. The van der Waals surface area contributed by atoms with Crippen molar-refractivity contribution >= 4 is 33.8 Å². The van der Waals surface area contributed by atoms with Crippen molar-refractivity contribution < 1.29 is 14.5 Å². The third kappa shape index (κ3) is 3.98. The molecule has 3 rings (SSSR count). The van der Waals surface area contributed by atoms with Gasteiger partial charge in [0.1, 0.15) is 0 Å². The summed E-state index contributed by atoms with van der Waals surface area (Å²) in [5, 5.41) is 17.7. The zero-order valence-corrected chi connectivity index (χ0v) is 13.7. The van der Waals surface area contributed by atoms with Gasteiger partial charge in [0, 0.05) is 35.5 Å². The third-order valence-corrected chi connectivity index (χ3v) is 4.11. The number of imidazole rings is 1. The maximum Gasteiger partial charge on any atom is 0.270 e. The molecule has 3 aromatic rings. The number of fused-ring (bicyclic) bond motifs is 1. The number of thiazole rings is 1. The lowest BCUT2D eigenvalue weighted by Crippen LogP contribution is -2.36. The zero-order valence-electron chi connectivity index (χ0n) is 12.8. The van der Waals surface area contributed by atoms with Crippen LogP contribution in [-0.4, -0.2) is 32.7 Å². The van der Waals surface area contributed by atoms with Gasteiger partial charge in [-0.05, 0) is 6.07 Å². The van der Waals surface area contributed by atoms with Gasteiger partial charge in [0.15, 0.2) is 4.96 Å². The molecule has 2 aromatic heterocycles. The lowest BCUT2D eigenvalue weighted by Gasteiger charge is -2.06. The number of benzene rings is 1. The molecule has 2 amide bonds. The van der Waals surface area contributed by atoms with Crippen LogP contribution in [0, 0.1) is 10.1 Å². The van der Waals surface area contributed by atoms with Gasteiger partial charge in [-0.1, -0.05) is 6.07 Å². The van der Waals surface area contributed by atoms with E-state index in [1.807, 2.05) is 22.2 Å². The second-order valence-corrected chi connectivity index (χ2v) is 5.96. The summed E-state index contributed by atoms with van der Waals surface area (Å²) < 4.78 is 1.86. The number of hydrogen-bond donors (Lipinski definition) is 2. The highest BCUT2D eigenvalue weighted by Crippen LogP contribution is 2.13. The number of carbonyl (C=O) groups excluding carboxylic acids is 2. The average molecular weight is 359 g/mol. The minimum absolute atomic E-state index is 0.122. The van der Waals surface area contributed by atoms with Crippen LogP contribution in [0.25, 0.3) is 4.96 Å². The van der Waals surface area contributed by atoms with Crippen LogP contribution < -0.4 is 10.6 Å². The first-order valence-corrected chi connectivity index (χ1v) is 8.11. The van der Waals surface area contributed by atoms with Crippen LogP contribution in [0.5, 0.6) is 0 Å². The van der Waals surface area contributed by atoms with E-state index in [4.69, 9.17) is 0 Å². The Labute approximate surface area is 145 Å². The molecule has 9 nitrogen and oxygen atoms in total. The second kappa shape index (κ2) is 7.09. The third-order valence-electron chi connectivity index (χ3n) is 3.34. The number of aromatic nitrogens is 2. The standard InChI is InChI=1S/C15H13N5O4S/c21-13(16-7-11-9-19-4-5-25-15(19)18-11)8-17-14(22)10-2-1-3-12(6-10)20(23)24/h1-6,9H,7-8H2,(H,16,21)(H,17,22). The zero-order chi connectivity index (χ0) is 17.8. The highest BCUT2D eigenvalue weighted by Gasteiger charge is 2.12. The van der Waals surface area contributed by atoms with E-state index in [0.29, 0.717) is 5.69 Å². The fourth-order valence-electron chi connectivity index (χ4n) is 2.14. The molecule has 0 aliphatic carbocycles. The first-order valence-electron chi connectivity index (χ1n) is 7.23. The van der Waals surface area contributed by atoms with E-state index in [1.165, 1.54) is 29.5 Å². The molecule has 0 unspecified atom stereocenters. The molecule has 0 aliphatic rings. The molecular formula is C15H13N5O4S. The summed E-state index contributed by atoms with van der Waals surface area (Å²) in [5.74, 6) is -0.934. The van der Waals surface area contributed by atoms with E-state index in [0.717, 1.165) is 11.0 Å². The Hall–Kier alpha value is -3.27. The van der Waals surface area contributed by atoms with Gasteiger partial charge < -0.3 is 10.6 Å². The van der Waals surface area contributed by atoms with Gasteiger partial charge >= 0.3 is 0 Å². The Balaban J connectivity index is 1.49. The predicted octanol–water partition coefficient (Wildman–Crippen LogP) is 1.35. The van der Waals surface area contributed by atoms with Gasteiger partial charge in [-0.2, -0.15) is 0 Å². The average Bonchev–Trinajstić information content (AvgIpc) is 3.19. The molecule has 0 aliphatic heterocycles. The number of nitro groups is 1. The van der Waals surface area contributed by atoms with Crippen molar-refractivity contribution in [3.8, 4) is 0 Å². The summed E-state index contributed by atoms with van der Waals surface area (Å²) in [7, 11) is 0. The molecule has 0 spiro atoms. The monoisotopic (exact) mass is 359 g/mol. The molecule has 0 radical (unpaired) electrons. The van der Waals surface area contributed by atoms with Gasteiger partial charge in [-0.25, -0.2) is 4.98 Å². The summed E-state index contributed by atoms with van der Waals surface area (Å²) in [6.45, 7) is 0.0175. The first-order chi connectivity index (χ1) is 12.0. The van der Waals surface area contributed by atoms with Crippen LogP contribution in [0.4, 0.5) is 5.69 Å². The first kappa shape index (κ1) is 16.6. The van der Waals surface area contributed by atoms with Crippen molar-refractivity contribution in [2.45, 2.75) is 6.54 Å². The summed E-state index contributed by atoms with van der Waals surface area (Å²) in [6, 6.07) is 5.31. The maximum atomic E-state index is 12.0. The van der Waals surface area contributed by atoms with E-state index in [1.54, 1.807) is 0 Å². The molecule has 10 heteroatoms. The van der Waals surface area contributed by atoms with Crippen molar-refractivity contribution in [2.75, 3.05) is 6.54 Å². The Morgan fingerprint density at radius 1 is 1.32 bits per heavy atom. The Morgan fingerprint density at radius 3 is 2.92 bits per heavy atom. The number of nitrogens with one attached hydrogen (secondary N) is 2. The molecule has 0 saturated heterocycles. The number of rotatable bonds is 6. The number of nitrogens with zero attached hydrogens (tertiary/aromatic N) is 3. The molecule has 128 valence electrons. The van der Waals surface area contributed by atoms with E-state index in [2.05, 4.69) is 15.6 Å². The number of hydrogen-bond acceptors (Lipinski definition) is 6. The fraction of sp³-hybridized carbons (Fsp3) is 0.133. The van der Waals surface area contributed by atoms with Crippen LogP contribution >= 0.6 is 11.3 Å². The lowest BCUT2D eigenvalue weighted by molar-refractivity contribution is -0.384. The Kier molecular flexibility index (Phi) is 4.70. The summed E-state index contributed by atoms with van der Waals surface area (Å²) in [4.78, 5) is 39.1. The van der Waals surface area contributed by atoms with Gasteiger partial charge in [-0.3, -0.25) is 24.1 Å². The van der Waals surface area contributed by atoms with Crippen LogP contribution in [0.1, 0.15) is 16.1 Å². The van der Waals surface area contributed by atoms with Crippen molar-refractivity contribution in [1.82, 2.24) is 20.0 Å². The van der Waals surface area contributed by atoms with Gasteiger partial charge in [0.2, 0.25) is 5.91 Å². The van der Waals surface area contributed by atoms with Gasteiger partial charge in [0.05, 0.1) is 23.7 Å². The maximum absolute atomic E-state index is 12.0. The van der Waals surface area contributed by atoms with Crippen molar-refractivity contribution in [3.05, 3.63) is 63.4 Å². The van der Waals surface area contributed by atoms with Crippen LogP contribution in [0.2, 0.25) is 0 Å². The largest absolute Gasteiger partial charge is 0.349 e. The van der Waals surface area contributed by atoms with Crippen molar-refractivity contribution in [1.29, 1.82) is 0 Å². The molecule has 0 bridgehead atoms. The number of amides is 2. The van der Waals surface area contributed by atoms with Crippen molar-refractivity contribution in [2.24, 2.45) is 0 Å². The smallest absolute Gasteiger partial charge is 0.270 e. The molecule has 2 N–H and O–H groups in total. The summed E-state index contributed by atoms with van der Waals surface area (Å²) in [5.41, 5.74) is 0.651. The number of nitro benzene ring substituents is 1. The lowest BCUT2D eigenvalue weighted by atomic mass is 10.2. The molecule has 0 fully saturated rings. The highest BCUT2D eigenvalue weighted by molar-refractivity contribution is 7.15. The number of carbonyl (C=O) groups is 2.